The van der Waals surface area contributed by atoms with Gasteiger partial charge in [0, 0.05) is 12.1 Å². The third-order valence-corrected chi connectivity index (χ3v) is 1.52. The predicted molar refractivity (Wildman–Crippen MR) is 45.9 cm³/mol. The highest BCUT2D eigenvalue weighted by Crippen LogP contribution is 2.11. The lowest BCUT2D eigenvalue weighted by atomic mass is 10.2. The van der Waals surface area contributed by atoms with Crippen molar-refractivity contribution in [3.8, 4) is 0 Å². The minimum Gasteiger partial charge on any atom is -0.197 e. The molecule has 0 saturated heterocycles. The molecule has 2 nitrogen and oxygen atoms in total. The standard InChI is InChI=1S/C8H9ClN2/c1-10-11-6-7-3-2-4-8(9)5-7/h2-5H,6H2,1H3. The van der Waals surface area contributed by atoms with Crippen molar-refractivity contribution in [3.05, 3.63) is 34.9 Å². The molecule has 0 aliphatic rings. The van der Waals surface area contributed by atoms with Crippen molar-refractivity contribution < 1.29 is 0 Å². The Balaban J connectivity index is 2.71. The van der Waals surface area contributed by atoms with Crippen molar-refractivity contribution in [3.63, 3.8) is 0 Å². The fourth-order valence-electron chi connectivity index (χ4n) is 0.788. The molecule has 1 aromatic carbocycles. The SMILES string of the molecule is CN=NCc1cccc(Cl)c1. The molecule has 0 radical (unpaired) electrons. The summed E-state index contributed by atoms with van der Waals surface area (Å²) in [6.07, 6.45) is 0. The summed E-state index contributed by atoms with van der Waals surface area (Å²) in [5, 5.41) is 8.24. The molecule has 0 fully saturated rings. The average Bonchev–Trinajstić information content (AvgIpc) is 2.01. The molecule has 11 heavy (non-hydrogen) atoms. The molecule has 0 aliphatic carbocycles. The van der Waals surface area contributed by atoms with Crippen molar-refractivity contribution in [1.29, 1.82) is 0 Å². The highest BCUT2D eigenvalue weighted by molar-refractivity contribution is 6.30. The van der Waals surface area contributed by atoms with E-state index < -0.39 is 0 Å². The molecular weight excluding hydrogens is 160 g/mol. The van der Waals surface area contributed by atoms with Gasteiger partial charge in [-0.05, 0) is 17.7 Å². The third-order valence-electron chi connectivity index (χ3n) is 1.28. The van der Waals surface area contributed by atoms with Crippen LogP contribution in [0, 0.1) is 0 Å². The molecule has 0 atom stereocenters. The van der Waals surface area contributed by atoms with Crippen molar-refractivity contribution in [2.24, 2.45) is 10.2 Å². The van der Waals surface area contributed by atoms with Gasteiger partial charge in [-0.2, -0.15) is 10.2 Å². The van der Waals surface area contributed by atoms with Crippen LogP contribution in [0.1, 0.15) is 5.56 Å². The molecule has 0 spiro atoms. The molecule has 0 unspecified atom stereocenters. The summed E-state index contributed by atoms with van der Waals surface area (Å²) in [6.45, 7) is 0.608. The van der Waals surface area contributed by atoms with Crippen LogP contribution in [0.25, 0.3) is 0 Å². The van der Waals surface area contributed by atoms with E-state index in [0.29, 0.717) is 6.54 Å². The van der Waals surface area contributed by atoms with Crippen LogP contribution in [0.5, 0.6) is 0 Å². The van der Waals surface area contributed by atoms with E-state index in [1.54, 1.807) is 7.05 Å². The first-order chi connectivity index (χ1) is 5.33. The maximum atomic E-state index is 5.75. The number of hydrogen-bond acceptors (Lipinski definition) is 2. The maximum Gasteiger partial charge on any atom is 0.0849 e. The van der Waals surface area contributed by atoms with Gasteiger partial charge in [-0.25, -0.2) is 0 Å². The van der Waals surface area contributed by atoms with Gasteiger partial charge in [0.05, 0.1) is 6.54 Å². The second-order valence-electron chi connectivity index (χ2n) is 2.13. The highest BCUT2D eigenvalue weighted by atomic mass is 35.5. The normalized spacial score (nSPS) is 10.7. The van der Waals surface area contributed by atoms with Crippen LogP contribution in [0.4, 0.5) is 0 Å². The molecule has 0 aliphatic heterocycles. The second kappa shape index (κ2) is 4.09. The van der Waals surface area contributed by atoms with Crippen molar-refractivity contribution >= 4 is 11.6 Å². The lowest BCUT2D eigenvalue weighted by molar-refractivity contribution is 0.934. The van der Waals surface area contributed by atoms with Gasteiger partial charge in [-0.1, -0.05) is 23.7 Å². The Morgan fingerprint density at radius 3 is 2.91 bits per heavy atom. The second-order valence-corrected chi connectivity index (χ2v) is 2.57. The van der Waals surface area contributed by atoms with E-state index in [1.807, 2.05) is 24.3 Å². The summed E-state index contributed by atoms with van der Waals surface area (Å²) in [6, 6.07) is 7.60. The van der Waals surface area contributed by atoms with Crippen molar-refractivity contribution in [2.45, 2.75) is 6.54 Å². The van der Waals surface area contributed by atoms with Crippen LogP contribution >= 0.6 is 11.6 Å². The smallest absolute Gasteiger partial charge is 0.0849 e. The van der Waals surface area contributed by atoms with E-state index in [9.17, 15) is 0 Å². The Labute approximate surface area is 70.9 Å². The summed E-state index contributed by atoms with van der Waals surface area (Å²) in [4.78, 5) is 0. The summed E-state index contributed by atoms with van der Waals surface area (Å²) in [5.74, 6) is 0. The molecule has 1 rings (SSSR count). The Morgan fingerprint density at radius 2 is 2.27 bits per heavy atom. The minimum absolute atomic E-state index is 0.608. The molecule has 0 N–H and O–H groups in total. The Kier molecular flexibility index (Phi) is 3.05. The molecule has 0 bridgehead atoms. The zero-order chi connectivity index (χ0) is 8.10. The maximum absolute atomic E-state index is 5.75. The van der Waals surface area contributed by atoms with Gasteiger partial charge >= 0.3 is 0 Å². The van der Waals surface area contributed by atoms with E-state index in [0.717, 1.165) is 10.6 Å². The van der Waals surface area contributed by atoms with Gasteiger partial charge in [0.15, 0.2) is 0 Å². The first-order valence-electron chi connectivity index (χ1n) is 3.33. The van der Waals surface area contributed by atoms with Gasteiger partial charge in [0.2, 0.25) is 0 Å². The van der Waals surface area contributed by atoms with Gasteiger partial charge in [0.25, 0.3) is 0 Å². The first-order valence-corrected chi connectivity index (χ1v) is 3.71. The van der Waals surface area contributed by atoms with Crippen LogP contribution in [0.3, 0.4) is 0 Å². The summed E-state index contributed by atoms with van der Waals surface area (Å²) < 4.78 is 0. The number of hydrogen-bond donors (Lipinski definition) is 0. The topological polar surface area (TPSA) is 24.7 Å². The molecule has 0 aromatic heterocycles. The lowest BCUT2D eigenvalue weighted by Gasteiger charge is -1.94. The zero-order valence-corrected chi connectivity index (χ0v) is 7.04. The monoisotopic (exact) mass is 168 g/mol. The minimum atomic E-state index is 0.608. The van der Waals surface area contributed by atoms with Gasteiger partial charge < -0.3 is 0 Å². The number of rotatable bonds is 2. The molecule has 0 heterocycles. The van der Waals surface area contributed by atoms with Gasteiger partial charge in [-0.15, -0.1) is 0 Å². The number of azo groups is 1. The molecule has 0 amide bonds. The van der Waals surface area contributed by atoms with Crippen LogP contribution < -0.4 is 0 Å². The quantitative estimate of drug-likeness (QED) is 0.607. The first kappa shape index (κ1) is 8.21. The summed E-state index contributed by atoms with van der Waals surface area (Å²) in [5.41, 5.74) is 1.09. The average molecular weight is 169 g/mol. The van der Waals surface area contributed by atoms with E-state index in [1.165, 1.54) is 0 Å². The summed E-state index contributed by atoms with van der Waals surface area (Å²) in [7, 11) is 1.66. The Morgan fingerprint density at radius 1 is 1.45 bits per heavy atom. The molecule has 3 heteroatoms. The number of benzene rings is 1. The van der Waals surface area contributed by atoms with Crippen LogP contribution in [-0.2, 0) is 6.54 Å². The molecule has 0 saturated carbocycles. The third kappa shape index (κ3) is 2.68. The largest absolute Gasteiger partial charge is 0.197 e. The molecular formula is C8H9ClN2. The molecule has 1 aromatic rings. The Bertz CT molecular complexity index is 258. The summed E-state index contributed by atoms with van der Waals surface area (Å²) >= 11 is 5.75. The Hall–Kier alpha value is -0.890. The van der Waals surface area contributed by atoms with E-state index in [4.69, 9.17) is 11.6 Å². The number of halogens is 1. The zero-order valence-electron chi connectivity index (χ0n) is 6.29. The van der Waals surface area contributed by atoms with E-state index in [2.05, 4.69) is 10.2 Å². The number of nitrogens with zero attached hydrogens (tertiary/aromatic N) is 2. The highest BCUT2D eigenvalue weighted by Gasteiger charge is 1.90. The van der Waals surface area contributed by atoms with Gasteiger partial charge in [0.1, 0.15) is 0 Å². The predicted octanol–water partition coefficient (Wildman–Crippen LogP) is 2.92. The van der Waals surface area contributed by atoms with Crippen molar-refractivity contribution in [2.75, 3.05) is 7.05 Å². The fraction of sp³-hybridized carbons (Fsp3) is 0.250. The molecule has 58 valence electrons. The van der Waals surface area contributed by atoms with E-state index >= 15 is 0 Å². The van der Waals surface area contributed by atoms with Gasteiger partial charge in [-0.3, -0.25) is 0 Å². The fourth-order valence-corrected chi connectivity index (χ4v) is 1.00. The lowest BCUT2D eigenvalue weighted by Crippen LogP contribution is -1.78. The van der Waals surface area contributed by atoms with Crippen LogP contribution in [0.15, 0.2) is 34.5 Å². The van der Waals surface area contributed by atoms with E-state index in [-0.39, 0.29) is 0 Å². The van der Waals surface area contributed by atoms with Crippen LogP contribution in [0.2, 0.25) is 5.02 Å². The van der Waals surface area contributed by atoms with Crippen molar-refractivity contribution in [1.82, 2.24) is 0 Å². The van der Waals surface area contributed by atoms with Crippen LogP contribution in [-0.4, -0.2) is 7.05 Å².